The van der Waals surface area contributed by atoms with E-state index >= 15 is 0 Å². The molecule has 5 heteroatoms. The molecule has 1 aromatic heterocycles. The van der Waals surface area contributed by atoms with E-state index in [4.69, 9.17) is 0 Å². The van der Waals surface area contributed by atoms with Crippen molar-refractivity contribution >= 4 is 22.4 Å². The molecule has 138 valence electrons. The Bertz CT molecular complexity index is 1210. The molecule has 4 rings (SSSR count). The Hall–Kier alpha value is -3.73. The zero-order valence-corrected chi connectivity index (χ0v) is 15.4. The molecule has 0 saturated heterocycles. The number of nitrogens with one attached hydrogen (secondary N) is 1. The molecular formula is C23H19N3O2. The van der Waals surface area contributed by atoms with Crippen LogP contribution in [-0.4, -0.2) is 15.5 Å². The molecule has 0 atom stereocenters. The maximum atomic E-state index is 12.5. The first-order chi connectivity index (χ1) is 13.6. The van der Waals surface area contributed by atoms with Crippen molar-refractivity contribution in [2.24, 2.45) is 0 Å². The highest BCUT2D eigenvalue weighted by molar-refractivity contribution is 6.02. The summed E-state index contributed by atoms with van der Waals surface area (Å²) >= 11 is 0. The molecule has 3 aromatic carbocycles. The second kappa shape index (κ2) is 7.48. The topological polar surface area (TPSA) is 64.0 Å². The van der Waals surface area contributed by atoms with Crippen LogP contribution in [0.25, 0.3) is 22.0 Å². The molecule has 1 amide bonds. The minimum atomic E-state index is -0.275. The van der Waals surface area contributed by atoms with Gasteiger partial charge in [0.05, 0.1) is 12.0 Å². The van der Waals surface area contributed by atoms with Crippen LogP contribution in [0.2, 0.25) is 0 Å². The van der Waals surface area contributed by atoms with Crippen LogP contribution in [0.3, 0.4) is 0 Å². The van der Waals surface area contributed by atoms with Crippen LogP contribution < -0.4 is 10.9 Å². The van der Waals surface area contributed by atoms with Crippen LogP contribution in [0.15, 0.2) is 83.9 Å². The lowest BCUT2D eigenvalue weighted by Gasteiger charge is -2.10. The van der Waals surface area contributed by atoms with Crippen molar-refractivity contribution in [2.45, 2.75) is 13.5 Å². The Morgan fingerprint density at radius 2 is 1.75 bits per heavy atom. The van der Waals surface area contributed by atoms with Crippen molar-refractivity contribution in [1.29, 1.82) is 0 Å². The van der Waals surface area contributed by atoms with Gasteiger partial charge in [-0.05, 0) is 18.4 Å². The Balaban J connectivity index is 1.53. The zero-order chi connectivity index (χ0) is 19.5. The normalized spacial score (nSPS) is 10.8. The molecule has 0 bridgehead atoms. The van der Waals surface area contributed by atoms with Crippen molar-refractivity contribution in [3.05, 3.63) is 95.0 Å². The van der Waals surface area contributed by atoms with Crippen molar-refractivity contribution < 1.29 is 4.79 Å². The highest BCUT2D eigenvalue weighted by Gasteiger charge is 2.09. The van der Waals surface area contributed by atoms with E-state index < -0.39 is 0 Å². The monoisotopic (exact) mass is 369 g/mol. The second-order valence-electron chi connectivity index (χ2n) is 6.68. The number of aryl methyl sites for hydroxylation is 1. The summed E-state index contributed by atoms with van der Waals surface area (Å²) in [4.78, 5) is 29.2. The molecule has 0 aliphatic rings. The Kier molecular flexibility index (Phi) is 4.72. The first-order valence-corrected chi connectivity index (χ1v) is 9.01. The van der Waals surface area contributed by atoms with Crippen LogP contribution in [0, 0.1) is 6.92 Å². The van der Waals surface area contributed by atoms with Gasteiger partial charge in [-0.3, -0.25) is 14.2 Å². The third-order valence-electron chi connectivity index (χ3n) is 4.60. The van der Waals surface area contributed by atoms with Gasteiger partial charge < -0.3 is 5.32 Å². The summed E-state index contributed by atoms with van der Waals surface area (Å²) in [6, 6.07) is 22.8. The molecule has 28 heavy (non-hydrogen) atoms. The molecule has 1 heterocycles. The average molecular weight is 369 g/mol. The van der Waals surface area contributed by atoms with E-state index in [0.717, 1.165) is 27.6 Å². The number of hydrogen-bond donors (Lipinski definition) is 1. The van der Waals surface area contributed by atoms with E-state index in [2.05, 4.69) is 10.3 Å². The van der Waals surface area contributed by atoms with Gasteiger partial charge in [0, 0.05) is 22.7 Å². The van der Waals surface area contributed by atoms with Gasteiger partial charge in [0.1, 0.15) is 6.54 Å². The molecule has 0 aliphatic carbocycles. The van der Waals surface area contributed by atoms with Gasteiger partial charge in [0.25, 0.3) is 5.56 Å². The lowest BCUT2D eigenvalue weighted by Crippen LogP contribution is -2.27. The average Bonchev–Trinajstić information content (AvgIpc) is 2.70. The number of carbonyl (C=O) groups excluding carboxylic acids is 1. The molecule has 0 unspecified atom stereocenters. The predicted molar refractivity (Wildman–Crippen MR) is 111 cm³/mol. The van der Waals surface area contributed by atoms with Crippen molar-refractivity contribution in [3.63, 3.8) is 0 Å². The quantitative estimate of drug-likeness (QED) is 0.591. The van der Waals surface area contributed by atoms with Crippen molar-refractivity contribution in [3.8, 4) is 11.3 Å². The number of hydrogen-bond acceptors (Lipinski definition) is 3. The van der Waals surface area contributed by atoms with Crippen LogP contribution in [0.5, 0.6) is 0 Å². The maximum Gasteiger partial charge on any atom is 0.254 e. The zero-order valence-electron chi connectivity index (χ0n) is 15.4. The number of amides is 1. The SMILES string of the molecule is Cc1ccc(-c2cc(=O)n(CC(=O)Nc3cccc4ccccc34)cn2)cc1. The third-order valence-corrected chi connectivity index (χ3v) is 4.60. The standard InChI is InChI=1S/C23H19N3O2/c1-16-9-11-18(12-10-16)21-13-23(28)26(15-24-21)14-22(27)25-20-8-4-6-17-5-2-3-7-19(17)20/h2-13,15H,14H2,1H3,(H,25,27). The minimum Gasteiger partial charge on any atom is -0.324 e. The highest BCUT2D eigenvalue weighted by atomic mass is 16.2. The number of aromatic nitrogens is 2. The number of nitrogens with zero attached hydrogens (tertiary/aromatic N) is 2. The maximum absolute atomic E-state index is 12.5. The number of anilines is 1. The highest BCUT2D eigenvalue weighted by Crippen LogP contribution is 2.23. The number of rotatable bonds is 4. The van der Waals surface area contributed by atoms with E-state index in [1.165, 1.54) is 17.0 Å². The summed E-state index contributed by atoms with van der Waals surface area (Å²) < 4.78 is 1.30. The lowest BCUT2D eigenvalue weighted by molar-refractivity contribution is -0.116. The first-order valence-electron chi connectivity index (χ1n) is 9.01. The van der Waals surface area contributed by atoms with Crippen LogP contribution in [0.4, 0.5) is 5.69 Å². The van der Waals surface area contributed by atoms with Crippen LogP contribution in [-0.2, 0) is 11.3 Å². The Morgan fingerprint density at radius 1 is 1.00 bits per heavy atom. The molecule has 0 radical (unpaired) electrons. The fourth-order valence-electron chi connectivity index (χ4n) is 3.11. The van der Waals surface area contributed by atoms with Gasteiger partial charge in [-0.2, -0.15) is 0 Å². The molecule has 1 N–H and O–H groups in total. The van der Waals surface area contributed by atoms with Gasteiger partial charge in [-0.1, -0.05) is 66.2 Å². The van der Waals surface area contributed by atoms with Crippen molar-refractivity contribution in [1.82, 2.24) is 9.55 Å². The first kappa shape index (κ1) is 17.7. The Labute approximate surface area is 162 Å². The van der Waals surface area contributed by atoms with Gasteiger partial charge in [-0.15, -0.1) is 0 Å². The minimum absolute atomic E-state index is 0.0940. The Morgan fingerprint density at radius 3 is 2.54 bits per heavy atom. The fraction of sp³-hybridized carbons (Fsp3) is 0.0870. The molecule has 0 spiro atoms. The molecule has 0 aliphatic heterocycles. The molecule has 4 aromatic rings. The number of fused-ring (bicyclic) bond motifs is 1. The van der Waals surface area contributed by atoms with E-state index in [1.54, 1.807) is 0 Å². The van der Waals surface area contributed by atoms with E-state index in [1.807, 2.05) is 73.7 Å². The van der Waals surface area contributed by atoms with Crippen molar-refractivity contribution in [2.75, 3.05) is 5.32 Å². The number of benzene rings is 3. The van der Waals surface area contributed by atoms with Gasteiger partial charge in [0.15, 0.2) is 0 Å². The summed E-state index contributed by atoms with van der Waals surface area (Å²) in [5.41, 5.74) is 3.06. The molecule has 0 saturated carbocycles. The van der Waals surface area contributed by atoms with Gasteiger partial charge in [0.2, 0.25) is 5.91 Å². The van der Waals surface area contributed by atoms with E-state index in [9.17, 15) is 9.59 Å². The molecular weight excluding hydrogens is 350 g/mol. The fourth-order valence-corrected chi connectivity index (χ4v) is 3.11. The van der Waals surface area contributed by atoms with Gasteiger partial charge >= 0.3 is 0 Å². The van der Waals surface area contributed by atoms with Crippen LogP contribution in [0.1, 0.15) is 5.56 Å². The third kappa shape index (κ3) is 3.69. The molecule has 5 nitrogen and oxygen atoms in total. The predicted octanol–water partition coefficient (Wildman–Crippen LogP) is 4.01. The lowest BCUT2D eigenvalue weighted by atomic mass is 10.1. The summed E-state index contributed by atoms with van der Waals surface area (Å²) in [5.74, 6) is -0.275. The number of carbonyl (C=O) groups is 1. The smallest absolute Gasteiger partial charge is 0.254 e. The van der Waals surface area contributed by atoms with E-state index in [-0.39, 0.29) is 18.0 Å². The summed E-state index contributed by atoms with van der Waals surface area (Å²) in [6.07, 6.45) is 1.42. The van der Waals surface area contributed by atoms with E-state index in [0.29, 0.717) is 5.69 Å². The summed E-state index contributed by atoms with van der Waals surface area (Å²) in [5, 5.41) is 4.89. The van der Waals surface area contributed by atoms with Gasteiger partial charge in [-0.25, -0.2) is 4.98 Å². The summed E-state index contributed by atoms with van der Waals surface area (Å²) in [6.45, 7) is 1.91. The summed E-state index contributed by atoms with van der Waals surface area (Å²) in [7, 11) is 0. The largest absolute Gasteiger partial charge is 0.324 e. The van der Waals surface area contributed by atoms with Crippen LogP contribution >= 0.6 is 0 Å². The molecule has 0 fully saturated rings. The second-order valence-corrected chi connectivity index (χ2v) is 6.68.